The second-order valence-electron chi connectivity index (χ2n) is 10.6. The number of hydrogen-bond acceptors (Lipinski definition) is 7. The predicted octanol–water partition coefficient (Wildman–Crippen LogP) is 4.64. The molecule has 0 spiro atoms. The number of nitrogens with zero attached hydrogens (tertiary/aromatic N) is 5. The van der Waals surface area contributed by atoms with Crippen molar-refractivity contribution >= 4 is 22.6 Å². The molecule has 1 aliphatic heterocycles. The zero-order chi connectivity index (χ0) is 28.1. The molecular weight excluding hydrogens is 502 g/mol. The lowest BCUT2D eigenvalue weighted by atomic mass is 10.0. The van der Waals surface area contributed by atoms with Gasteiger partial charge < -0.3 is 14.2 Å². The van der Waals surface area contributed by atoms with Crippen LogP contribution in [0.5, 0.6) is 0 Å². The van der Waals surface area contributed by atoms with Crippen LogP contribution in [0, 0.1) is 13.8 Å². The molecule has 0 amide bonds. The van der Waals surface area contributed by atoms with E-state index in [-0.39, 0.29) is 24.0 Å². The Hall–Kier alpha value is -4.04. The first-order chi connectivity index (χ1) is 19.4. The number of esters is 1. The van der Waals surface area contributed by atoms with Crippen molar-refractivity contribution in [2.45, 2.75) is 59.3 Å². The zero-order valence-electron chi connectivity index (χ0n) is 23.5. The van der Waals surface area contributed by atoms with Gasteiger partial charge in [0.1, 0.15) is 6.61 Å². The molecule has 4 heterocycles. The maximum Gasteiger partial charge on any atom is 0.302 e. The topological polar surface area (TPSA) is 80.6 Å². The summed E-state index contributed by atoms with van der Waals surface area (Å²) < 4.78 is 7.26. The molecule has 3 aromatic heterocycles. The summed E-state index contributed by atoms with van der Waals surface area (Å²) in [5.74, 6) is -0.310. The average Bonchev–Trinajstić information content (AvgIpc) is 2.95. The maximum absolute atomic E-state index is 13.8. The van der Waals surface area contributed by atoms with Gasteiger partial charge in [-0.15, -0.1) is 0 Å². The highest BCUT2D eigenvalue weighted by atomic mass is 16.5. The van der Waals surface area contributed by atoms with Crippen LogP contribution in [0.2, 0.25) is 0 Å². The van der Waals surface area contributed by atoms with E-state index in [0.29, 0.717) is 25.0 Å². The largest absolute Gasteiger partial charge is 0.464 e. The van der Waals surface area contributed by atoms with Gasteiger partial charge in [0, 0.05) is 73.9 Å². The molecule has 1 fully saturated rings. The smallest absolute Gasteiger partial charge is 0.302 e. The molecule has 1 atom stereocenters. The Morgan fingerprint density at radius 1 is 1.07 bits per heavy atom. The molecule has 4 aromatic rings. The van der Waals surface area contributed by atoms with Gasteiger partial charge in [0.05, 0.1) is 23.9 Å². The second kappa shape index (κ2) is 12.4. The zero-order valence-corrected chi connectivity index (χ0v) is 23.5. The van der Waals surface area contributed by atoms with Crippen LogP contribution in [0.3, 0.4) is 0 Å². The van der Waals surface area contributed by atoms with E-state index in [2.05, 4.69) is 44.0 Å². The van der Waals surface area contributed by atoms with Crippen LogP contribution < -0.4 is 10.3 Å². The number of rotatable bonds is 9. The molecule has 1 aliphatic rings. The lowest BCUT2D eigenvalue weighted by Crippen LogP contribution is -2.48. The summed E-state index contributed by atoms with van der Waals surface area (Å²) in [6, 6.07) is 16.3. The van der Waals surface area contributed by atoms with Gasteiger partial charge in [-0.25, -0.2) is 0 Å². The molecule has 8 nitrogen and oxygen atoms in total. The Morgan fingerprint density at radius 3 is 2.70 bits per heavy atom. The monoisotopic (exact) mass is 539 g/mol. The summed E-state index contributed by atoms with van der Waals surface area (Å²) in [7, 11) is 0. The molecule has 1 saturated heterocycles. The fourth-order valence-electron chi connectivity index (χ4n) is 5.60. The van der Waals surface area contributed by atoms with Gasteiger partial charge in [0.2, 0.25) is 0 Å². The molecule has 1 aromatic carbocycles. The number of carbonyl (C=O) groups excluding carboxylic acids is 1. The third-order valence-corrected chi connectivity index (χ3v) is 7.59. The minimum absolute atomic E-state index is 0.0469. The van der Waals surface area contributed by atoms with E-state index in [9.17, 15) is 9.59 Å². The standard InChI is InChI=1S/C32H37N5O3/c1-23-10-11-28(18-34-23)35-14-6-7-29(22-35)37(19-26-12-13-33-24(2)17-26)21-27-20-36(15-16-40-25(3)38)31-9-5-4-8-30(31)32(27)39/h4-5,8-13,17-18,20,29H,6-7,14-16,19,21-22H2,1-3H3/t29-/m0/s1. The molecule has 0 aliphatic carbocycles. The van der Waals surface area contributed by atoms with Crippen LogP contribution in [-0.2, 0) is 29.2 Å². The predicted molar refractivity (Wildman–Crippen MR) is 157 cm³/mol. The van der Waals surface area contributed by atoms with E-state index in [1.165, 1.54) is 12.5 Å². The molecule has 208 valence electrons. The molecule has 8 heteroatoms. The Labute approximate surface area is 235 Å². The van der Waals surface area contributed by atoms with Crippen LogP contribution in [0.4, 0.5) is 5.69 Å². The highest BCUT2D eigenvalue weighted by Crippen LogP contribution is 2.25. The number of hydrogen-bond donors (Lipinski definition) is 0. The van der Waals surface area contributed by atoms with Gasteiger partial charge in [-0.1, -0.05) is 12.1 Å². The van der Waals surface area contributed by atoms with Gasteiger partial charge in [-0.3, -0.25) is 24.5 Å². The third-order valence-electron chi connectivity index (χ3n) is 7.59. The number of aromatic nitrogens is 3. The van der Waals surface area contributed by atoms with E-state index in [1.807, 2.05) is 61.3 Å². The van der Waals surface area contributed by atoms with Crippen LogP contribution in [0.1, 0.15) is 42.3 Å². The van der Waals surface area contributed by atoms with Gasteiger partial charge in [-0.05, 0) is 68.7 Å². The quantitative estimate of drug-likeness (QED) is 0.287. The lowest BCUT2D eigenvalue weighted by molar-refractivity contribution is -0.141. The van der Waals surface area contributed by atoms with Crippen LogP contribution in [0.25, 0.3) is 10.9 Å². The Morgan fingerprint density at radius 2 is 1.93 bits per heavy atom. The lowest BCUT2D eigenvalue weighted by Gasteiger charge is -2.40. The van der Waals surface area contributed by atoms with E-state index in [4.69, 9.17) is 4.74 Å². The van der Waals surface area contributed by atoms with Gasteiger partial charge in [0.25, 0.3) is 0 Å². The number of para-hydroxylation sites is 1. The van der Waals surface area contributed by atoms with Gasteiger partial charge in [0.15, 0.2) is 5.43 Å². The van der Waals surface area contributed by atoms with Crippen molar-refractivity contribution in [2.24, 2.45) is 0 Å². The number of aryl methyl sites for hydroxylation is 2. The number of fused-ring (bicyclic) bond motifs is 1. The first kappa shape index (κ1) is 27.5. The molecule has 5 rings (SSSR count). The van der Waals surface area contributed by atoms with Crippen molar-refractivity contribution in [1.29, 1.82) is 0 Å². The number of anilines is 1. The summed E-state index contributed by atoms with van der Waals surface area (Å²) in [6.07, 6.45) is 7.87. The van der Waals surface area contributed by atoms with Crippen molar-refractivity contribution in [3.8, 4) is 0 Å². The van der Waals surface area contributed by atoms with Crippen molar-refractivity contribution in [1.82, 2.24) is 19.4 Å². The summed E-state index contributed by atoms with van der Waals surface area (Å²) in [5, 5.41) is 0.679. The number of carbonyl (C=O) groups is 1. The van der Waals surface area contributed by atoms with E-state index in [1.54, 1.807) is 0 Å². The molecule has 0 saturated carbocycles. The van der Waals surface area contributed by atoms with Crippen molar-refractivity contribution in [3.63, 3.8) is 0 Å². The minimum Gasteiger partial charge on any atom is -0.464 e. The molecule has 0 unspecified atom stereocenters. The van der Waals surface area contributed by atoms with Gasteiger partial charge >= 0.3 is 5.97 Å². The molecule has 0 bridgehead atoms. The number of pyridine rings is 3. The molecule has 0 radical (unpaired) electrons. The number of benzene rings is 1. The van der Waals surface area contributed by atoms with Crippen LogP contribution in [-0.4, -0.2) is 51.1 Å². The third kappa shape index (κ3) is 6.57. The summed E-state index contributed by atoms with van der Waals surface area (Å²) in [6.45, 7) is 9.24. The van der Waals surface area contributed by atoms with E-state index in [0.717, 1.165) is 54.1 Å². The Bertz CT molecular complexity index is 1530. The maximum atomic E-state index is 13.8. The normalized spacial score (nSPS) is 15.5. The highest BCUT2D eigenvalue weighted by molar-refractivity contribution is 5.79. The van der Waals surface area contributed by atoms with E-state index >= 15 is 0 Å². The molecule has 40 heavy (non-hydrogen) atoms. The summed E-state index contributed by atoms with van der Waals surface area (Å²) in [4.78, 5) is 38.9. The average molecular weight is 540 g/mol. The Balaban J connectivity index is 1.48. The first-order valence-electron chi connectivity index (χ1n) is 13.9. The van der Waals surface area contributed by atoms with Gasteiger partial charge in [-0.2, -0.15) is 0 Å². The fraction of sp³-hybridized carbons (Fsp3) is 0.375. The minimum atomic E-state index is -0.310. The molecular formula is C32H37N5O3. The summed E-state index contributed by atoms with van der Waals surface area (Å²) in [5.41, 5.74) is 5.92. The first-order valence-corrected chi connectivity index (χ1v) is 13.9. The van der Waals surface area contributed by atoms with Crippen LogP contribution in [0.15, 0.2) is 71.9 Å². The van der Waals surface area contributed by atoms with E-state index < -0.39 is 0 Å². The fourth-order valence-corrected chi connectivity index (χ4v) is 5.60. The Kier molecular flexibility index (Phi) is 8.55. The van der Waals surface area contributed by atoms with Crippen molar-refractivity contribution in [3.05, 3.63) is 99.9 Å². The van der Waals surface area contributed by atoms with Crippen molar-refractivity contribution < 1.29 is 9.53 Å². The number of piperidine rings is 1. The van der Waals surface area contributed by atoms with Crippen LogP contribution >= 0.6 is 0 Å². The SMILES string of the molecule is CC(=O)OCCn1cc(CN(Cc2ccnc(C)c2)[C@H]2CCCN(c3ccc(C)nc3)C2)c(=O)c2ccccc21. The second-order valence-corrected chi connectivity index (χ2v) is 10.6. The summed E-state index contributed by atoms with van der Waals surface area (Å²) >= 11 is 0. The van der Waals surface area contributed by atoms with Crippen molar-refractivity contribution in [2.75, 3.05) is 24.6 Å². The highest BCUT2D eigenvalue weighted by Gasteiger charge is 2.27. The molecule has 0 N–H and O–H groups in total. The number of ether oxygens (including phenoxy) is 1.